The zero-order valence-corrected chi connectivity index (χ0v) is 15.4. The highest BCUT2D eigenvalue weighted by atomic mass is 32.2. The Labute approximate surface area is 152 Å². The summed E-state index contributed by atoms with van der Waals surface area (Å²) in [4.78, 5) is 15.1. The molecule has 0 spiro atoms. The number of thioether (sulfide) groups is 1. The Morgan fingerprint density at radius 3 is 2.92 bits per heavy atom. The zero-order chi connectivity index (χ0) is 17.3. The second-order valence-electron chi connectivity index (χ2n) is 6.96. The van der Waals surface area contributed by atoms with Crippen molar-refractivity contribution in [1.82, 2.24) is 10.2 Å². The van der Waals surface area contributed by atoms with E-state index in [1.807, 2.05) is 43.0 Å². The molecule has 0 bridgehead atoms. The molecule has 1 atom stereocenters. The van der Waals surface area contributed by atoms with Gasteiger partial charge in [0, 0.05) is 36.3 Å². The van der Waals surface area contributed by atoms with Crippen LogP contribution in [0.15, 0.2) is 28.7 Å². The molecule has 1 aromatic carbocycles. The fourth-order valence-electron chi connectivity index (χ4n) is 3.74. The van der Waals surface area contributed by atoms with E-state index < -0.39 is 0 Å². The Kier molecular flexibility index (Phi) is 4.75. The standard InChI is InChI=1S/C19H24N2O3S/c1-14-2-3-16-15(10-14)11-17(24-16)18(22)20-12-19(4-9-25-13-19)21-5-7-23-8-6-21/h2-3,10-11H,4-9,12-13H2,1H3,(H,20,22)/t19-/m0/s1. The quantitative estimate of drug-likeness (QED) is 0.908. The lowest BCUT2D eigenvalue weighted by molar-refractivity contribution is -0.0129. The third-order valence-electron chi connectivity index (χ3n) is 5.24. The number of benzene rings is 1. The molecule has 1 aromatic heterocycles. The highest BCUT2D eigenvalue weighted by Crippen LogP contribution is 2.33. The average molecular weight is 360 g/mol. The maximum Gasteiger partial charge on any atom is 0.287 e. The lowest BCUT2D eigenvalue weighted by atomic mass is 9.95. The number of amides is 1. The smallest absolute Gasteiger partial charge is 0.287 e. The van der Waals surface area contributed by atoms with Gasteiger partial charge in [-0.2, -0.15) is 11.8 Å². The third-order valence-corrected chi connectivity index (χ3v) is 6.47. The van der Waals surface area contributed by atoms with Gasteiger partial charge < -0.3 is 14.5 Å². The maximum absolute atomic E-state index is 12.6. The number of morpholine rings is 1. The monoisotopic (exact) mass is 360 g/mol. The van der Waals surface area contributed by atoms with Crippen LogP contribution in [0.25, 0.3) is 11.0 Å². The molecule has 6 heteroatoms. The van der Waals surface area contributed by atoms with Crippen LogP contribution in [0.4, 0.5) is 0 Å². The summed E-state index contributed by atoms with van der Waals surface area (Å²) < 4.78 is 11.2. The van der Waals surface area contributed by atoms with Crippen molar-refractivity contribution in [2.75, 3.05) is 44.4 Å². The molecule has 2 aliphatic heterocycles. The molecule has 0 aliphatic carbocycles. The summed E-state index contributed by atoms with van der Waals surface area (Å²) >= 11 is 1.97. The van der Waals surface area contributed by atoms with Crippen LogP contribution in [0.3, 0.4) is 0 Å². The largest absolute Gasteiger partial charge is 0.451 e. The first kappa shape index (κ1) is 16.9. The minimum absolute atomic E-state index is 0.0483. The van der Waals surface area contributed by atoms with E-state index in [1.165, 1.54) is 0 Å². The number of aryl methyl sites for hydroxylation is 1. The fourth-order valence-corrected chi connectivity index (χ4v) is 5.22. The SMILES string of the molecule is Cc1ccc2oc(C(=O)NC[C@@]3(N4CCOCC4)CCSC3)cc2c1. The van der Waals surface area contributed by atoms with Crippen LogP contribution in [-0.4, -0.2) is 60.7 Å². The van der Waals surface area contributed by atoms with Crippen molar-refractivity contribution in [2.45, 2.75) is 18.9 Å². The summed E-state index contributed by atoms with van der Waals surface area (Å²) in [6.07, 6.45) is 1.11. The summed E-state index contributed by atoms with van der Waals surface area (Å²) in [6, 6.07) is 7.79. The van der Waals surface area contributed by atoms with Crippen LogP contribution < -0.4 is 5.32 Å². The number of hydrogen-bond donors (Lipinski definition) is 1. The van der Waals surface area contributed by atoms with E-state index in [0.717, 1.165) is 60.8 Å². The summed E-state index contributed by atoms with van der Waals surface area (Å²) in [5, 5.41) is 4.10. The predicted octanol–water partition coefficient (Wildman–Crippen LogP) is 2.68. The first-order valence-electron chi connectivity index (χ1n) is 8.85. The zero-order valence-electron chi connectivity index (χ0n) is 14.5. The van der Waals surface area contributed by atoms with Gasteiger partial charge in [0.05, 0.1) is 13.2 Å². The molecule has 2 aromatic rings. The summed E-state index contributed by atoms with van der Waals surface area (Å²) in [5.74, 6) is 2.48. The van der Waals surface area contributed by atoms with Crippen LogP contribution in [0.5, 0.6) is 0 Å². The van der Waals surface area contributed by atoms with E-state index in [-0.39, 0.29) is 11.4 Å². The molecule has 2 saturated heterocycles. The first-order valence-corrected chi connectivity index (χ1v) is 10.0. The van der Waals surface area contributed by atoms with Crippen molar-refractivity contribution in [3.63, 3.8) is 0 Å². The third kappa shape index (κ3) is 3.43. The van der Waals surface area contributed by atoms with Crippen molar-refractivity contribution in [3.05, 3.63) is 35.6 Å². The van der Waals surface area contributed by atoms with E-state index in [4.69, 9.17) is 9.15 Å². The van der Waals surface area contributed by atoms with E-state index in [0.29, 0.717) is 12.3 Å². The van der Waals surface area contributed by atoms with E-state index >= 15 is 0 Å². The molecule has 3 heterocycles. The van der Waals surface area contributed by atoms with E-state index in [1.54, 1.807) is 0 Å². The number of nitrogens with zero attached hydrogens (tertiary/aromatic N) is 1. The van der Waals surface area contributed by atoms with Crippen LogP contribution in [0.2, 0.25) is 0 Å². The van der Waals surface area contributed by atoms with Crippen LogP contribution in [0, 0.1) is 6.92 Å². The number of ether oxygens (including phenoxy) is 1. The Balaban J connectivity index is 1.47. The van der Waals surface area contributed by atoms with Gasteiger partial charge >= 0.3 is 0 Å². The maximum atomic E-state index is 12.6. The van der Waals surface area contributed by atoms with Crippen LogP contribution in [-0.2, 0) is 4.74 Å². The minimum atomic E-state index is -0.126. The molecule has 4 rings (SSSR count). The summed E-state index contributed by atoms with van der Waals surface area (Å²) in [6.45, 7) is 6.15. The highest BCUT2D eigenvalue weighted by molar-refractivity contribution is 7.99. The Bertz CT molecular complexity index is 761. The molecule has 0 saturated carbocycles. The van der Waals surface area contributed by atoms with Crippen molar-refractivity contribution in [2.24, 2.45) is 0 Å². The van der Waals surface area contributed by atoms with Crippen molar-refractivity contribution in [3.8, 4) is 0 Å². The number of nitrogens with one attached hydrogen (secondary N) is 1. The van der Waals surface area contributed by atoms with Crippen molar-refractivity contribution < 1.29 is 13.9 Å². The molecule has 2 fully saturated rings. The number of rotatable bonds is 4. The normalized spacial score (nSPS) is 24.7. The lowest BCUT2D eigenvalue weighted by Gasteiger charge is -2.42. The van der Waals surface area contributed by atoms with Gasteiger partial charge in [0.2, 0.25) is 0 Å². The topological polar surface area (TPSA) is 54.7 Å². The molecule has 0 unspecified atom stereocenters. The van der Waals surface area contributed by atoms with Crippen molar-refractivity contribution in [1.29, 1.82) is 0 Å². The van der Waals surface area contributed by atoms with Crippen molar-refractivity contribution >= 4 is 28.6 Å². The lowest BCUT2D eigenvalue weighted by Crippen LogP contribution is -2.59. The number of fused-ring (bicyclic) bond motifs is 1. The van der Waals surface area contributed by atoms with Crippen LogP contribution in [0.1, 0.15) is 22.5 Å². The van der Waals surface area contributed by atoms with Gasteiger partial charge in [0.15, 0.2) is 5.76 Å². The molecule has 2 aliphatic rings. The number of furan rings is 1. The minimum Gasteiger partial charge on any atom is -0.451 e. The molecule has 25 heavy (non-hydrogen) atoms. The second-order valence-corrected chi connectivity index (χ2v) is 8.07. The van der Waals surface area contributed by atoms with Gasteiger partial charge in [-0.3, -0.25) is 9.69 Å². The van der Waals surface area contributed by atoms with Gasteiger partial charge in [-0.1, -0.05) is 11.6 Å². The summed E-state index contributed by atoms with van der Waals surface area (Å²) in [5.41, 5.74) is 1.97. The second kappa shape index (κ2) is 7.02. The molecular formula is C19H24N2O3S. The molecule has 0 radical (unpaired) electrons. The average Bonchev–Trinajstić information content (AvgIpc) is 3.28. The Morgan fingerprint density at radius 2 is 2.16 bits per heavy atom. The van der Waals surface area contributed by atoms with Gasteiger partial charge in [0.25, 0.3) is 5.91 Å². The van der Waals surface area contributed by atoms with Crippen LogP contribution >= 0.6 is 11.8 Å². The highest BCUT2D eigenvalue weighted by Gasteiger charge is 2.41. The summed E-state index contributed by atoms with van der Waals surface area (Å²) in [7, 11) is 0. The molecule has 1 amide bonds. The molecule has 1 N–H and O–H groups in total. The molecular weight excluding hydrogens is 336 g/mol. The van der Waals surface area contributed by atoms with E-state index in [2.05, 4.69) is 10.2 Å². The number of carbonyl (C=O) groups is 1. The van der Waals surface area contributed by atoms with Gasteiger partial charge in [-0.25, -0.2) is 0 Å². The van der Waals surface area contributed by atoms with Gasteiger partial charge in [-0.15, -0.1) is 0 Å². The molecule has 134 valence electrons. The first-order chi connectivity index (χ1) is 12.2. The van der Waals surface area contributed by atoms with E-state index in [9.17, 15) is 4.79 Å². The molecule has 5 nitrogen and oxygen atoms in total. The fraction of sp³-hybridized carbons (Fsp3) is 0.526. The Morgan fingerprint density at radius 1 is 1.32 bits per heavy atom. The van der Waals surface area contributed by atoms with Gasteiger partial charge in [-0.05, 0) is 37.3 Å². The Hall–Kier alpha value is -1.50. The number of hydrogen-bond acceptors (Lipinski definition) is 5. The predicted molar refractivity (Wildman–Crippen MR) is 100 cm³/mol. The number of carbonyl (C=O) groups excluding carboxylic acids is 1. The van der Waals surface area contributed by atoms with Gasteiger partial charge in [0.1, 0.15) is 5.58 Å².